The first kappa shape index (κ1) is 16.9. The van der Waals surface area contributed by atoms with Crippen LogP contribution in [0.15, 0.2) is 17.0 Å². The zero-order valence-corrected chi connectivity index (χ0v) is 12.8. The molecule has 1 aromatic rings. The molecule has 0 saturated carbocycles. The minimum atomic E-state index is -3.98. The van der Waals surface area contributed by atoms with Gasteiger partial charge in [-0.15, -0.1) is 0 Å². The van der Waals surface area contributed by atoms with Crippen LogP contribution in [0.4, 0.5) is 0 Å². The summed E-state index contributed by atoms with van der Waals surface area (Å²) in [4.78, 5) is 11.6. The summed E-state index contributed by atoms with van der Waals surface area (Å²) in [5, 5.41) is 7.71. The number of carbonyl (C=O) groups excluding carboxylic acids is 1. The lowest BCUT2D eigenvalue weighted by Gasteiger charge is -2.10. The molecule has 1 rings (SSSR count). The van der Waals surface area contributed by atoms with Gasteiger partial charge in [-0.2, -0.15) is 0 Å². The van der Waals surface area contributed by atoms with E-state index in [1.807, 2.05) is 6.92 Å². The molecule has 0 atom stereocenters. The number of rotatable bonds is 6. The highest BCUT2D eigenvalue weighted by atomic mass is 35.5. The fraction of sp³-hybridized carbons (Fsp3) is 0.417. The van der Waals surface area contributed by atoms with Crippen LogP contribution < -0.4 is 10.5 Å². The van der Waals surface area contributed by atoms with E-state index in [9.17, 15) is 13.2 Å². The van der Waals surface area contributed by atoms with Crippen molar-refractivity contribution in [1.29, 1.82) is 0 Å². The smallest absolute Gasteiger partial charge is 0.251 e. The van der Waals surface area contributed by atoms with Gasteiger partial charge in [-0.05, 0) is 31.5 Å². The number of benzene rings is 1. The molecule has 3 N–H and O–H groups in total. The lowest BCUT2D eigenvalue weighted by atomic mass is 10.1. The highest BCUT2D eigenvalue weighted by Gasteiger charge is 2.18. The number of halogens is 1. The van der Waals surface area contributed by atoms with E-state index in [1.165, 1.54) is 12.1 Å². The van der Waals surface area contributed by atoms with Gasteiger partial charge in [0.25, 0.3) is 5.91 Å². The summed E-state index contributed by atoms with van der Waals surface area (Å²) in [6.45, 7) is 4.73. The molecular formula is C12H17ClN2O4S. The Morgan fingerprint density at radius 2 is 2.10 bits per heavy atom. The number of hydrogen-bond acceptors (Lipinski definition) is 4. The van der Waals surface area contributed by atoms with E-state index < -0.39 is 15.9 Å². The average molecular weight is 321 g/mol. The van der Waals surface area contributed by atoms with Crippen LogP contribution >= 0.6 is 11.6 Å². The van der Waals surface area contributed by atoms with E-state index in [0.29, 0.717) is 25.3 Å². The number of aryl methyl sites for hydroxylation is 1. The molecule has 20 heavy (non-hydrogen) atoms. The van der Waals surface area contributed by atoms with Crippen molar-refractivity contribution < 1.29 is 17.9 Å². The SMILES string of the molecule is CCOCCNC(=O)c1cc(C)c(Cl)c(S(N)(=O)=O)c1. The van der Waals surface area contributed by atoms with Crippen LogP contribution in [0, 0.1) is 6.92 Å². The first-order chi connectivity index (χ1) is 9.27. The molecule has 0 saturated heterocycles. The zero-order valence-electron chi connectivity index (χ0n) is 11.3. The van der Waals surface area contributed by atoms with Crippen molar-refractivity contribution in [3.8, 4) is 0 Å². The van der Waals surface area contributed by atoms with Gasteiger partial charge < -0.3 is 10.1 Å². The fourth-order valence-corrected chi connectivity index (χ4v) is 2.69. The average Bonchev–Trinajstić information content (AvgIpc) is 2.36. The number of sulfonamides is 1. The maximum Gasteiger partial charge on any atom is 0.251 e. The predicted molar refractivity (Wildman–Crippen MR) is 76.4 cm³/mol. The summed E-state index contributed by atoms with van der Waals surface area (Å²) in [5.74, 6) is -0.408. The summed E-state index contributed by atoms with van der Waals surface area (Å²) in [7, 11) is -3.98. The van der Waals surface area contributed by atoms with E-state index in [-0.39, 0.29) is 15.5 Å². The second-order valence-electron chi connectivity index (χ2n) is 4.10. The van der Waals surface area contributed by atoms with Crippen LogP contribution in [0.5, 0.6) is 0 Å². The van der Waals surface area contributed by atoms with Crippen molar-refractivity contribution in [1.82, 2.24) is 5.32 Å². The molecule has 0 aliphatic carbocycles. The molecule has 0 heterocycles. The molecule has 6 nitrogen and oxygen atoms in total. The van der Waals surface area contributed by atoms with Gasteiger partial charge in [0.15, 0.2) is 0 Å². The highest BCUT2D eigenvalue weighted by molar-refractivity contribution is 7.89. The molecule has 1 aromatic carbocycles. The van der Waals surface area contributed by atoms with Gasteiger partial charge in [0.2, 0.25) is 10.0 Å². The number of ether oxygens (including phenoxy) is 1. The van der Waals surface area contributed by atoms with Gasteiger partial charge in [0, 0.05) is 18.7 Å². The van der Waals surface area contributed by atoms with Crippen LogP contribution in [0.3, 0.4) is 0 Å². The zero-order chi connectivity index (χ0) is 15.3. The molecule has 0 unspecified atom stereocenters. The standard InChI is InChI=1S/C12H17ClN2O4S/c1-3-19-5-4-15-12(16)9-6-8(2)11(13)10(7-9)20(14,17)18/h6-7H,3-5H2,1-2H3,(H,15,16)(H2,14,17,18). The van der Waals surface area contributed by atoms with Crippen molar-refractivity contribution in [3.05, 3.63) is 28.3 Å². The maximum absolute atomic E-state index is 11.9. The topological polar surface area (TPSA) is 98.5 Å². The van der Waals surface area contributed by atoms with Crippen LogP contribution in [0.25, 0.3) is 0 Å². The Labute approximate surface area is 123 Å². The summed E-state index contributed by atoms with van der Waals surface area (Å²) in [6, 6.07) is 2.67. The Bertz CT molecular complexity index is 602. The quantitative estimate of drug-likeness (QED) is 0.766. The van der Waals surface area contributed by atoms with Gasteiger partial charge in [0.05, 0.1) is 11.6 Å². The summed E-state index contributed by atoms with van der Waals surface area (Å²) >= 11 is 5.89. The highest BCUT2D eigenvalue weighted by Crippen LogP contribution is 2.25. The van der Waals surface area contributed by atoms with Crippen molar-refractivity contribution in [3.63, 3.8) is 0 Å². The second-order valence-corrected chi connectivity index (χ2v) is 6.01. The van der Waals surface area contributed by atoms with Crippen molar-refractivity contribution in [2.45, 2.75) is 18.7 Å². The third kappa shape index (κ3) is 4.45. The van der Waals surface area contributed by atoms with Crippen LogP contribution in [0.2, 0.25) is 5.02 Å². The molecule has 1 amide bonds. The monoisotopic (exact) mass is 320 g/mol. The third-order valence-electron chi connectivity index (χ3n) is 2.53. The molecule has 0 fully saturated rings. The summed E-state index contributed by atoms with van der Waals surface area (Å²) in [6.07, 6.45) is 0. The van der Waals surface area contributed by atoms with Crippen LogP contribution in [-0.4, -0.2) is 34.1 Å². The molecule has 0 bridgehead atoms. The minimum Gasteiger partial charge on any atom is -0.380 e. The van der Waals surface area contributed by atoms with Gasteiger partial charge in [-0.3, -0.25) is 4.79 Å². The number of carbonyl (C=O) groups is 1. The van der Waals surface area contributed by atoms with Crippen LogP contribution in [0.1, 0.15) is 22.8 Å². The van der Waals surface area contributed by atoms with Gasteiger partial charge in [0.1, 0.15) is 4.90 Å². The molecule has 0 aliphatic rings. The number of primary sulfonamides is 1. The molecule has 0 aliphatic heterocycles. The Balaban J connectivity index is 2.97. The molecule has 112 valence electrons. The summed E-state index contributed by atoms with van der Waals surface area (Å²) < 4.78 is 27.9. The van der Waals surface area contributed by atoms with E-state index in [2.05, 4.69) is 5.32 Å². The van der Waals surface area contributed by atoms with Crippen molar-refractivity contribution in [2.75, 3.05) is 19.8 Å². The van der Waals surface area contributed by atoms with E-state index in [4.69, 9.17) is 21.5 Å². The Morgan fingerprint density at radius 3 is 2.65 bits per heavy atom. The maximum atomic E-state index is 11.9. The first-order valence-corrected chi connectivity index (χ1v) is 7.88. The number of hydrogen-bond donors (Lipinski definition) is 2. The molecular weight excluding hydrogens is 304 g/mol. The van der Waals surface area contributed by atoms with Gasteiger partial charge in [-0.25, -0.2) is 13.6 Å². The third-order valence-corrected chi connectivity index (χ3v) is 4.07. The second kappa shape index (κ2) is 7.03. The Morgan fingerprint density at radius 1 is 1.45 bits per heavy atom. The first-order valence-electron chi connectivity index (χ1n) is 5.96. The van der Waals surface area contributed by atoms with E-state index in [0.717, 1.165) is 0 Å². The Hall–Kier alpha value is -1.15. The van der Waals surface area contributed by atoms with Crippen molar-refractivity contribution >= 4 is 27.5 Å². The molecule has 0 spiro atoms. The van der Waals surface area contributed by atoms with E-state index >= 15 is 0 Å². The lowest BCUT2D eigenvalue weighted by molar-refractivity contribution is 0.0922. The Kier molecular flexibility index (Phi) is 5.94. The number of amides is 1. The van der Waals surface area contributed by atoms with Gasteiger partial charge in [-0.1, -0.05) is 11.6 Å². The predicted octanol–water partition coefficient (Wildman–Crippen LogP) is 1.06. The summed E-state index contributed by atoms with van der Waals surface area (Å²) in [5.41, 5.74) is 0.653. The lowest BCUT2D eigenvalue weighted by Crippen LogP contribution is -2.27. The number of nitrogens with two attached hydrogens (primary N) is 1. The molecule has 0 aromatic heterocycles. The largest absolute Gasteiger partial charge is 0.380 e. The number of nitrogens with one attached hydrogen (secondary N) is 1. The van der Waals surface area contributed by atoms with Crippen molar-refractivity contribution in [2.24, 2.45) is 5.14 Å². The fourth-order valence-electron chi connectivity index (χ4n) is 1.56. The molecule has 8 heteroatoms. The van der Waals surface area contributed by atoms with Crippen LogP contribution in [-0.2, 0) is 14.8 Å². The van der Waals surface area contributed by atoms with E-state index in [1.54, 1.807) is 6.92 Å². The minimum absolute atomic E-state index is 0.0263. The molecule has 0 radical (unpaired) electrons. The normalized spacial score (nSPS) is 11.4. The van der Waals surface area contributed by atoms with Gasteiger partial charge >= 0.3 is 0 Å².